The molecule has 0 unspecified atom stereocenters. The Balaban J connectivity index is 1.59. The molecule has 0 radical (unpaired) electrons. The lowest BCUT2D eigenvalue weighted by Gasteiger charge is -2.02. The zero-order chi connectivity index (χ0) is 17.6. The number of aryl methyl sites for hydroxylation is 1. The van der Waals surface area contributed by atoms with Crippen LogP contribution in [0.3, 0.4) is 0 Å². The van der Waals surface area contributed by atoms with Gasteiger partial charge in [-0.1, -0.05) is 53.6 Å². The summed E-state index contributed by atoms with van der Waals surface area (Å²) >= 11 is 5.99. The van der Waals surface area contributed by atoms with E-state index >= 15 is 0 Å². The van der Waals surface area contributed by atoms with Gasteiger partial charge in [-0.25, -0.2) is 4.98 Å². The molecule has 3 rings (SSSR count). The first kappa shape index (κ1) is 17.0. The molecule has 0 aliphatic carbocycles. The lowest BCUT2D eigenvalue weighted by Crippen LogP contribution is -2.08. The second-order valence-electron chi connectivity index (χ2n) is 5.79. The van der Waals surface area contributed by atoms with Crippen LogP contribution in [0.2, 0.25) is 5.02 Å². The number of carbonyl (C=O) groups is 1. The van der Waals surface area contributed by atoms with E-state index in [1.807, 2.05) is 60.0 Å². The first-order valence-electron chi connectivity index (χ1n) is 7.90. The van der Waals surface area contributed by atoms with Crippen molar-refractivity contribution < 1.29 is 4.79 Å². The second-order valence-corrected chi connectivity index (χ2v) is 6.23. The lowest BCUT2D eigenvalue weighted by atomic mass is 10.1. The van der Waals surface area contributed by atoms with Gasteiger partial charge < -0.3 is 9.88 Å². The van der Waals surface area contributed by atoms with Crippen LogP contribution in [-0.2, 0) is 11.3 Å². The van der Waals surface area contributed by atoms with Crippen LogP contribution in [-0.4, -0.2) is 15.5 Å². The van der Waals surface area contributed by atoms with Gasteiger partial charge in [-0.3, -0.25) is 4.79 Å². The lowest BCUT2D eigenvalue weighted by molar-refractivity contribution is -0.111. The average Bonchev–Trinajstić information content (AvgIpc) is 3.01. The zero-order valence-corrected chi connectivity index (χ0v) is 14.6. The van der Waals surface area contributed by atoms with Gasteiger partial charge in [0, 0.05) is 23.8 Å². The fraction of sp³-hybridized carbons (Fsp3) is 0.100. The Hall–Kier alpha value is -2.85. The minimum Gasteiger partial charge on any atom is -0.331 e. The number of anilines is 1. The van der Waals surface area contributed by atoms with E-state index in [0.717, 1.165) is 11.1 Å². The van der Waals surface area contributed by atoms with Crippen molar-refractivity contribution in [1.29, 1.82) is 0 Å². The number of nitrogens with one attached hydrogen (secondary N) is 1. The summed E-state index contributed by atoms with van der Waals surface area (Å²) in [4.78, 5) is 16.2. The predicted molar refractivity (Wildman–Crippen MR) is 102 cm³/mol. The minimum atomic E-state index is -0.214. The van der Waals surface area contributed by atoms with Crippen LogP contribution < -0.4 is 5.32 Å². The molecule has 0 bridgehead atoms. The molecule has 0 atom stereocenters. The largest absolute Gasteiger partial charge is 0.331 e. The van der Waals surface area contributed by atoms with Crippen LogP contribution in [0.4, 0.5) is 5.82 Å². The van der Waals surface area contributed by atoms with E-state index < -0.39 is 0 Å². The minimum absolute atomic E-state index is 0.214. The van der Waals surface area contributed by atoms with Gasteiger partial charge in [-0.2, -0.15) is 0 Å². The maximum Gasteiger partial charge on any atom is 0.249 e. The molecule has 25 heavy (non-hydrogen) atoms. The molecule has 0 fully saturated rings. The average molecular weight is 352 g/mol. The highest BCUT2D eigenvalue weighted by molar-refractivity contribution is 6.30. The van der Waals surface area contributed by atoms with Crippen molar-refractivity contribution in [1.82, 2.24) is 9.55 Å². The standard InChI is InChI=1S/C20H18ClN3O/c1-15-5-7-16(8-6-15)9-10-20(25)23-19-13-24(14-22-19)12-17-3-2-4-18(21)11-17/h2-11,13-14H,12H2,1H3,(H,23,25)/b10-9+. The molecule has 4 nitrogen and oxygen atoms in total. The summed E-state index contributed by atoms with van der Waals surface area (Å²) in [5, 5.41) is 3.46. The van der Waals surface area contributed by atoms with Gasteiger partial charge in [0.2, 0.25) is 5.91 Å². The molecule has 0 saturated heterocycles. The van der Waals surface area contributed by atoms with Gasteiger partial charge >= 0.3 is 0 Å². The highest BCUT2D eigenvalue weighted by atomic mass is 35.5. The Morgan fingerprint density at radius 1 is 1.24 bits per heavy atom. The van der Waals surface area contributed by atoms with E-state index in [1.54, 1.807) is 18.6 Å². The number of halogens is 1. The van der Waals surface area contributed by atoms with E-state index in [0.29, 0.717) is 17.4 Å². The highest BCUT2D eigenvalue weighted by Gasteiger charge is 2.03. The summed E-state index contributed by atoms with van der Waals surface area (Å²) < 4.78 is 1.89. The fourth-order valence-corrected chi connectivity index (χ4v) is 2.59. The molecule has 1 N–H and O–H groups in total. The SMILES string of the molecule is Cc1ccc(/C=C/C(=O)Nc2cn(Cc3cccc(Cl)c3)cn2)cc1. The maximum atomic E-state index is 12.0. The van der Waals surface area contributed by atoms with Crippen LogP contribution in [0.15, 0.2) is 67.1 Å². The Morgan fingerprint density at radius 2 is 2.04 bits per heavy atom. The normalized spacial score (nSPS) is 11.0. The number of hydrogen-bond donors (Lipinski definition) is 1. The highest BCUT2D eigenvalue weighted by Crippen LogP contribution is 2.13. The van der Waals surface area contributed by atoms with Gasteiger partial charge in [-0.15, -0.1) is 0 Å². The summed E-state index contributed by atoms with van der Waals surface area (Å²) in [6.45, 7) is 2.67. The summed E-state index contributed by atoms with van der Waals surface area (Å²) in [5.41, 5.74) is 3.24. The van der Waals surface area contributed by atoms with Crippen LogP contribution in [0, 0.1) is 6.92 Å². The Labute approximate surface area is 151 Å². The molecule has 2 aromatic carbocycles. The number of benzene rings is 2. The number of aromatic nitrogens is 2. The smallest absolute Gasteiger partial charge is 0.249 e. The summed E-state index contributed by atoms with van der Waals surface area (Å²) in [6, 6.07) is 15.6. The van der Waals surface area contributed by atoms with Crippen molar-refractivity contribution in [3.05, 3.63) is 88.8 Å². The molecule has 3 aromatic rings. The second kappa shape index (κ2) is 7.81. The zero-order valence-electron chi connectivity index (χ0n) is 13.8. The molecule has 1 aromatic heterocycles. The van der Waals surface area contributed by atoms with Crippen molar-refractivity contribution >= 4 is 29.4 Å². The third-order valence-electron chi connectivity index (χ3n) is 3.64. The topological polar surface area (TPSA) is 46.9 Å². The first-order valence-corrected chi connectivity index (χ1v) is 8.28. The molecule has 0 aliphatic heterocycles. The first-order chi connectivity index (χ1) is 12.1. The third kappa shape index (κ3) is 5.06. The van der Waals surface area contributed by atoms with E-state index in [9.17, 15) is 4.79 Å². The molecule has 1 heterocycles. The Kier molecular flexibility index (Phi) is 5.31. The van der Waals surface area contributed by atoms with Crippen LogP contribution in [0.5, 0.6) is 0 Å². The molecule has 1 amide bonds. The van der Waals surface area contributed by atoms with Crippen molar-refractivity contribution in [2.24, 2.45) is 0 Å². The van der Waals surface area contributed by atoms with Crippen molar-refractivity contribution in [3.63, 3.8) is 0 Å². The number of hydrogen-bond acceptors (Lipinski definition) is 2. The third-order valence-corrected chi connectivity index (χ3v) is 3.88. The maximum absolute atomic E-state index is 12.0. The summed E-state index contributed by atoms with van der Waals surface area (Å²) in [7, 11) is 0. The van der Waals surface area contributed by atoms with E-state index in [1.165, 1.54) is 11.6 Å². The Bertz CT molecular complexity index is 897. The quantitative estimate of drug-likeness (QED) is 0.686. The number of imidazole rings is 1. The van der Waals surface area contributed by atoms with E-state index in [-0.39, 0.29) is 5.91 Å². The van der Waals surface area contributed by atoms with Crippen molar-refractivity contribution in [3.8, 4) is 0 Å². The van der Waals surface area contributed by atoms with Crippen LogP contribution in [0.25, 0.3) is 6.08 Å². The van der Waals surface area contributed by atoms with Gasteiger partial charge in [-0.05, 0) is 36.3 Å². The van der Waals surface area contributed by atoms with Gasteiger partial charge in [0.15, 0.2) is 5.82 Å². The van der Waals surface area contributed by atoms with Crippen molar-refractivity contribution in [2.45, 2.75) is 13.5 Å². The van der Waals surface area contributed by atoms with Gasteiger partial charge in [0.25, 0.3) is 0 Å². The number of nitrogens with zero attached hydrogens (tertiary/aromatic N) is 2. The molecule has 0 spiro atoms. The molecule has 0 saturated carbocycles. The fourth-order valence-electron chi connectivity index (χ4n) is 2.37. The van der Waals surface area contributed by atoms with E-state index in [2.05, 4.69) is 10.3 Å². The van der Waals surface area contributed by atoms with E-state index in [4.69, 9.17) is 11.6 Å². The van der Waals surface area contributed by atoms with Gasteiger partial charge in [0.1, 0.15) is 0 Å². The molecular formula is C20H18ClN3O. The van der Waals surface area contributed by atoms with Crippen LogP contribution in [0.1, 0.15) is 16.7 Å². The Morgan fingerprint density at radius 3 is 2.80 bits per heavy atom. The number of rotatable bonds is 5. The van der Waals surface area contributed by atoms with Crippen molar-refractivity contribution in [2.75, 3.05) is 5.32 Å². The molecule has 0 aliphatic rings. The predicted octanol–water partition coefficient (Wildman–Crippen LogP) is 4.55. The molecule has 126 valence electrons. The summed E-state index contributed by atoms with van der Waals surface area (Å²) in [5.74, 6) is 0.300. The summed E-state index contributed by atoms with van der Waals surface area (Å²) in [6.07, 6.45) is 6.75. The van der Waals surface area contributed by atoms with Gasteiger partial charge in [0.05, 0.1) is 6.33 Å². The molecule has 5 heteroatoms. The number of carbonyl (C=O) groups excluding carboxylic acids is 1. The van der Waals surface area contributed by atoms with Crippen LogP contribution >= 0.6 is 11.6 Å². The number of amides is 1. The molecular weight excluding hydrogens is 334 g/mol. The monoisotopic (exact) mass is 351 g/mol.